The van der Waals surface area contributed by atoms with Crippen molar-refractivity contribution < 1.29 is 4.79 Å². The number of hydrogen-bond donors (Lipinski definition) is 1. The van der Waals surface area contributed by atoms with Gasteiger partial charge in [0.1, 0.15) is 12.1 Å². The number of aromatic nitrogens is 4. The van der Waals surface area contributed by atoms with E-state index in [0.29, 0.717) is 22.5 Å². The normalized spacial score (nSPS) is 10.2. The van der Waals surface area contributed by atoms with Crippen LogP contribution in [0.2, 0.25) is 0 Å². The van der Waals surface area contributed by atoms with E-state index in [9.17, 15) is 4.79 Å². The van der Waals surface area contributed by atoms with Crippen molar-refractivity contribution >= 4 is 29.4 Å². The first-order valence-electron chi connectivity index (χ1n) is 5.78. The van der Waals surface area contributed by atoms with Crippen molar-refractivity contribution in [3.63, 3.8) is 0 Å². The Labute approximate surface area is 120 Å². The van der Waals surface area contributed by atoms with Crippen LogP contribution in [0, 0.1) is 0 Å². The fourth-order valence-corrected chi connectivity index (χ4v) is 1.74. The van der Waals surface area contributed by atoms with Crippen molar-refractivity contribution in [1.82, 2.24) is 24.8 Å². The minimum atomic E-state index is -0.0890. The SMILES string of the molecule is CSc1ncnc(Nc2ccc(C(=O)N(C)C)cn2)n1. The summed E-state index contributed by atoms with van der Waals surface area (Å²) in [7, 11) is 3.40. The summed E-state index contributed by atoms with van der Waals surface area (Å²) in [6, 6.07) is 3.41. The van der Waals surface area contributed by atoms with Crippen LogP contribution in [0.4, 0.5) is 11.8 Å². The molecule has 20 heavy (non-hydrogen) atoms. The third-order valence-corrected chi connectivity index (χ3v) is 2.95. The van der Waals surface area contributed by atoms with E-state index in [1.807, 2.05) is 6.26 Å². The molecule has 0 spiro atoms. The summed E-state index contributed by atoms with van der Waals surface area (Å²) >= 11 is 1.43. The van der Waals surface area contributed by atoms with Crippen LogP contribution in [-0.2, 0) is 0 Å². The molecule has 0 aliphatic carbocycles. The Hall–Kier alpha value is -2.22. The molecule has 1 N–H and O–H groups in total. The average Bonchev–Trinajstić information content (AvgIpc) is 2.47. The van der Waals surface area contributed by atoms with Gasteiger partial charge in [0.25, 0.3) is 5.91 Å². The quantitative estimate of drug-likeness (QED) is 0.853. The minimum absolute atomic E-state index is 0.0890. The summed E-state index contributed by atoms with van der Waals surface area (Å²) in [6.45, 7) is 0. The summed E-state index contributed by atoms with van der Waals surface area (Å²) in [4.78, 5) is 29.6. The molecule has 7 nitrogen and oxygen atoms in total. The zero-order valence-electron chi connectivity index (χ0n) is 11.4. The van der Waals surface area contributed by atoms with E-state index in [-0.39, 0.29) is 5.91 Å². The van der Waals surface area contributed by atoms with Gasteiger partial charge in [0, 0.05) is 20.3 Å². The number of hydrogen-bond acceptors (Lipinski definition) is 7. The van der Waals surface area contributed by atoms with Gasteiger partial charge >= 0.3 is 0 Å². The summed E-state index contributed by atoms with van der Waals surface area (Å²) in [5, 5.41) is 3.59. The molecule has 0 unspecified atom stereocenters. The first-order valence-corrected chi connectivity index (χ1v) is 7.00. The first kappa shape index (κ1) is 14.2. The van der Waals surface area contributed by atoms with E-state index < -0.39 is 0 Å². The molecule has 2 aromatic heterocycles. The van der Waals surface area contributed by atoms with Crippen molar-refractivity contribution in [3.8, 4) is 0 Å². The number of nitrogens with one attached hydrogen (secondary N) is 1. The van der Waals surface area contributed by atoms with Gasteiger partial charge in [-0.05, 0) is 18.4 Å². The minimum Gasteiger partial charge on any atom is -0.345 e. The van der Waals surface area contributed by atoms with Gasteiger partial charge in [0.05, 0.1) is 5.56 Å². The molecule has 2 heterocycles. The maximum atomic E-state index is 11.7. The summed E-state index contributed by atoms with van der Waals surface area (Å²) in [5.74, 6) is 0.899. The van der Waals surface area contributed by atoms with Gasteiger partial charge in [0.2, 0.25) is 5.95 Å². The van der Waals surface area contributed by atoms with Crippen LogP contribution in [0.3, 0.4) is 0 Å². The van der Waals surface area contributed by atoms with Crippen LogP contribution in [0.15, 0.2) is 29.8 Å². The summed E-state index contributed by atoms with van der Waals surface area (Å²) < 4.78 is 0. The van der Waals surface area contributed by atoms with Crippen LogP contribution < -0.4 is 5.32 Å². The van der Waals surface area contributed by atoms with E-state index >= 15 is 0 Å². The largest absolute Gasteiger partial charge is 0.345 e. The number of rotatable bonds is 4. The lowest BCUT2D eigenvalue weighted by atomic mass is 10.2. The highest BCUT2D eigenvalue weighted by Gasteiger charge is 2.08. The number of amides is 1. The Balaban J connectivity index is 2.12. The Morgan fingerprint density at radius 1 is 1.25 bits per heavy atom. The maximum Gasteiger partial charge on any atom is 0.254 e. The van der Waals surface area contributed by atoms with Gasteiger partial charge in [-0.2, -0.15) is 4.98 Å². The fraction of sp³-hybridized carbons (Fsp3) is 0.250. The van der Waals surface area contributed by atoms with Crippen molar-refractivity contribution in [2.45, 2.75) is 5.16 Å². The second kappa shape index (κ2) is 6.29. The predicted octanol–water partition coefficient (Wildman–Crippen LogP) is 1.43. The van der Waals surface area contributed by atoms with Crippen molar-refractivity contribution in [2.75, 3.05) is 25.7 Å². The van der Waals surface area contributed by atoms with Crippen LogP contribution in [0.25, 0.3) is 0 Å². The first-order chi connectivity index (χ1) is 9.60. The third-order valence-electron chi connectivity index (χ3n) is 2.39. The van der Waals surface area contributed by atoms with Crippen LogP contribution in [0.1, 0.15) is 10.4 Å². The molecule has 0 aromatic carbocycles. The molecule has 0 saturated heterocycles. The number of carbonyl (C=O) groups is 1. The summed E-state index contributed by atoms with van der Waals surface area (Å²) in [6.07, 6.45) is 4.84. The van der Waals surface area contributed by atoms with Gasteiger partial charge < -0.3 is 10.2 Å². The second-order valence-electron chi connectivity index (χ2n) is 4.05. The van der Waals surface area contributed by atoms with Crippen molar-refractivity contribution in [3.05, 3.63) is 30.2 Å². The molecule has 0 fully saturated rings. The fourth-order valence-electron chi connectivity index (χ4n) is 1.41. The van der Waals surface area contributed by atoms with Gasteiger partial charge in [-0.1, -0.05) is 11.8 Å². The lowest BCUT2D eigenvalue weighted by molar-refractivity contribution is 0.0827. The van der Waals surface area contributed by atoms with Gasteiger partial charge in [-0.25, -0.2) is 15.0 Å². The Morgan fingerprint density at radius 2 is 2.05 bits per heavy atom. The van der Waals surface area contributed by atoms with Gasteiger partial charge in [-0.15, -0.1) is 0 Å². The second-order valence-corrected chi connectivity index (χ2v) is 4.83. The number of anilines is 2. The molecule has 2 aromatic rings. The Morgan fingerprint density at radius 3 is 2.65 bits per heavy atom. The lowest BCUT2D eigenvalue weighted by Crippen LogP contribution is -2.21. The molecule has 0 bridgehead atoms. The molecule has 1 amide bonds. The molecule has 0 radical (unpaired) electrons. The third kappa shape index (κ3) is 3.41. The van der Waals surface area contributed by atoms with Crippen LogP contribution in [-0.4, -0.2) is 51.1 Å². The zero-order valence-corrected chi connectivity index (χ0v) is 12.2. The number of thioether (sulfide) groups is 1. The zero-order chi connectivity index (χ0) is 14.5. The molecule has 0 aliphatic rings. The molecule has 8 heteroatoms. The van der Waals surface area contributed by atoms with Crippen LogP contribution >= 0.6 is 11.8 Å². The van der Waals surface area contributed by atoms with Crippen molar-refractivity contribution in [2.24, 2.45) is 0 Å². The molecule has 0 saturated carbocycles. The molecule has 0 atom stereocenters. The number of carbonyl (C=O) groups excluding carboxylic acids is 1. The smallest absolute Gasteiger partial charge is 0.254 e. The number of nitrogens with zero attached hydrogens (tertiary/aromatic N) is 5. The van der Waals surface area contributed by atoms with E-state index in [1.54, 1.807) is 26.2 Å². The lowest BCUT2D eigenvalue weighted by Gasteiger charge is -2.10. The van der Waals surface area contributed by atoms with Gasteiger partial charge in [0.15, 0.2) is 5.16 Å². The van der Waals surface area contributed by atoms with E-state index in [2.05, 4.69) is 25.3 Å². The average molecular weight is 290 g/mol. The molecular formula is C12H14N6OS. The Kier molecular flexibility index (Phi) is 4.46. The highest BCUT2D eigenvalue weighted by Crippen LogP contribution is 2.13. The standard InChI is InChI=1S/C12H14N6OS/c1-18(2)10(19)8-4-5-9(13-6-8)16-11-14-7-15-12(17-11)20-3/h4-7H,1-3H3,(H,13,14,15,16,17). The van der Waals surface area contributed by atoms with Crippen molar-refractivity contribution in [1.29, 1.82) is 0 Å². The highest BCUT2D eigenvalue weighted by atomic mass is 32.2. The molecule has 2 rings (SSSR count). The summed E-state index contributed by atoms with van der Waals surface area (Å²) in [5.41, 5.74) is 0.529. The predicted molar refractivity (Wildman–Crippen MR) is 77.1 cm³/mol. The number of pyridine rings is 1. The molecule has 0 aliphatic heterocycles. The Bertz CT molecular complexity index is 601. The molecule has 104 valence electrons. The van der Waals surface area contributed by atoms with E-state index in [1.165, 1.54) is 29.2 Å². The maximum absolute atomic E-state index is 11.7. The topological polar surface area (TPSA) is 83.9 Å². The highest BCUT2D eigenvalue weighted by molar-refractivity contribution is 7.98. The van der Waals surface area contributed by atoms with Crippen LogP contribution in [0.5, 0.6) is 0 Å². The van der Waals surface area contributed by atoms with Gasteiger partial charge in [-0.3, -0.25) is 4.79 Å². The van der Waals surface area contributed by atoms with E-state index in [0.717, 1.165) is 0 Å². The monoisotopic (exact) mass is 290 g/mol. The van der Waals surface area contributed by atoms with E-state index in [4.69, 9.17) is 0 Å². The molecular weight excluding hydrogens is 276 g/mol.